The maximum absolute atomic E-state index is 13.2. The number of carbonyl (C=O) groups is 2. The van der Waals surface area contributed by atoms with Crippen LogP contribution in [-0.2, 0) is 9.59 Å². The molecule has 2 aromatic rings. The summed E-state index contributed by atoms with van der Waals surface area (Å²) in [6, 6.07) is 13.9. The Labute approximate surface area is 180 Å². The Hall–Kier alpha value is -2.73. The van der Waals surface area contributed by atoms with Gasteiger partial charge >= 0.3 is 0 Å². The first kappa shape index (κ1) is 20.5. The van der Waals surface area contributed by atoms with Crippen LogP contribution in [0.15, 0.2) is 58.6 Å². The lowest BCUT2D eigenvalue weighted by molar-refractivity contribution is -0.122. The van der Waals surface area contributed by atoms with Crippen molar-refractivity contribution in [3.8, 4) is 11.5 Å². The molecular weight excluding hydrogens is 398 g/mol. The molecule has 2 aromatic carbocycles. The molecule has 30 heavy (non-hydrogen) atoms. The van der Waals surface area contributed by atoms with Crippen LogP contribution in [-0.4, -0.2) is 32.2 Å². The molecule has 2 aliphatic rings. The fraction of sp³-hybridized carbons (Fsp3) is 0.333. The largest absolute Gasteiger partial charge is 0.493 e. The van der Waals surface area contributed by atoms with Crippen molar-refractivity contribution in [2.75, 3.05) is 20.5 Å². The number of hydrogen-bond acceptors (Lipinski definition) is 5. The molecule has 0 saturated carbocycles. The Balaban J connectivity index is 1.67. The molecule has 0 saturated heterocycles. The number of rotatable bonds is 5. The number of Topliss-reactive ketones (excluding diaryl/α,β-unsaturated/α-hetero) is 1. The van der Waals surface area contributed by atoms with Crippen LogP contribution in [0.5, 0.6) is 11.5 Å². The van der Waals surface area contributed by atoms with Crippen molar-refractivity contribution in [3.05, 3.63) is 64.9 Å². The normalized spacial score (nSPS) is 21.2. The Morgan fingerprint density at radius 1 is 0.900 bits per heavy atom. The monoisotopic (exact) mass is 423 g/mol. The van der Waals surface area contributed by atoms with Crippen molar-refractivity contribution in [1.82, 2.24) is 5.32 Å². The third-order valence-corrected chi connectivity index (χ3v) is 6.68. The highest BCUT2D eigenvalue weighted by molar-refractivity contribution is 7.98. The minimum Gasteiger partial charge on any atom is -0.493 e. The van der Waals surface area contributed by atoms with E-state index in [-0.39, 0.29) is 23.5 Å². The molecule has 0 spiro atoms. The van der Waals surface area contributed by atoms with Gasteiger partial charge in [0.05, 0.1) is 14.2 Å². The molecular formula is C24H25NO4S. The summed E-state index contributed by atoms with van der Waals surface area (Å²) in [6.45, 7) is 0. The number of nitrogens with one attached hydrogen (secondary N) is 1. The summed E-state index contributed by atoms with van der Waals surface area (Å²) in [7, 11) is 3.20. The van der Waals surface area contributed by atoms with Gasteiger partial charge in [0.1, 0.15) is 0 Å². The van der Waals surface area contributed by atoms with Crippen molar-refractivity contribution in [2.24, 2.45) is 0 Å². The molecule has 1 heterocycles. The van der Waals surface area contributed by atoms with Crippen molar-refractivity contribution in [2.45, 2.75) is 36.0 Å². The molecule has 6 heteroatoms. The standard InChI is InChI=1S/C24H25NO4S/c1-28-21-9-6-15(12-22(21)29-2)16-10-19-24(20(26)11-16)18(13-23(27)25-19)14-4-7-17(30-3)8-5-14/h4-9,12,16,18H,10-11,13H2,1-3H3,(H,25,27)/t16-,18-/m1/s1. The van der Waals surface area contributed by atoms with E-state index in [9.17, 15) is 9.59 Å². The van der Waals surface area contributed by atoms with Gasteiger partial charge in [-0.05, 0) is 54.0 Å². The zero-order valence-electron chi connectivity index (χ0n) is 17.4. The maximum atomic E-state index is 13.2. The number of thioether (sulfide) groups is 1. The highest BCUT2D eigenvalue weighted by Crippen LogP contribution is 2.43. The van der Waals surface area contributed by atoms with E-state index in [1.165, 1.54) is 0 Å². The number of methoxy groups -OCH3 is 2. The number of allylic oxidation sites excluding steroid dienone is 2. The topological polar surface area (TPSA) is 64.6 Å². The molecule has 1 N–H and O–H groups in total. The van der Waals surface area contributed by atoms with E-state index in [0.717, 1.165) is 27.3 Å². The SMILES string of the molecule is COc1ccc([C@H]2CC(=O)C3=C(C2)NC(=O)C[C@@H]3c2ccc(SC)cc2)cc1OC. The third-order valence-electron chi connectivity index (χ3n) is 5.93. The van der Waals surface area contributed by atoms with Gasteiger partial charge in [0, 0.05) is 34.9 Å². The molecule has 0 bridgehead atoms. The van der Waals surface area contributed by atoms with Gasteiger partial charge < -0.3 is 14.8 Å². The van der Waals surface area contributed by atoms with Crippen molar-refractivity contribution >= 4 is 23.5 Å². The first-order valence-corrected chi connectivity index (χ1v) is 11.2. The quantitative estimate of drug-likeness (QED) is 0.721. The lowest BCUT2D eigenvalue weighted by Gasteiger charge is -2.34. The van der Waals surface area contributed by atoms with E-state index < -0.39 is 0 Å². The Morgan fingerprint density at radius 3 is 2.27 bits per heavy atom. The number of benzene rings is 2. The van der Waals surface area contributed by atoms with Crippen LogP contribution in [0.4, 0.5) is 0 Å². The number of ketones is 1. The molecule has 1 amide bonds. The predicted octanol–water partition coefficient (Wildman–Crippen LogP) is 4.43. The lowest BCUT2D eigenvalue weighted by Crippen LogP contribution is -2.38. The molecule has 0 fully saturated rings. The molecule has 0 unspecified atom stereocenters. The molecule has 1 aliphatic heterocycles. The molecule has 2 atom stereocenters. The lowest BCUT2D eigenvalue weighted by atomic mass is 9.73. The predicted molar refractivity (Wildman–Crippen MR) is 117 cm³/mol. The third kappa shape index (κ3) is 3.84. The average Bonchev–Trinajstić information content (AvgIpc) is 2.77. The van der Waals surface area contributed by atoms with E-state index in [4.69, 9.17) is 9.47 Å². The number of amides is 1. The number of hydrogen-bond donors (Lipinski definition) is 1. The molecule has 1 aliphatic carbocycles. The van der Waals surface area contributed by atoms with Crippen LogP contribution in [0.25, 0.3) is 0 Å². The van der Waals surface area contributed by atoms with E-state index in [2.05, 4.69) is 5.32 Å². The van der Waals surface area contributed by atoms with Gasteiger partial charge in [0.2, 0.25) is 5.91 Å². The minimum absolute atomic E-state index is 0.00558. The molecule has 156 valence electrons. The summed E-state index contributed by atoms with van der Waals surface area (Å²) in [5.74, 6) is 1.19. The van der Waals surface area contributed by atoms with Gasteiger partial charge in [-0.1, -0.05) is 18.2 Å². The second kappa shape index (κ2) is 8.56. The summed E-state index contributed by atoms with van der Waals surface area (Å²) < 4.78 is 10.7. The van der Waals surface area contributed by atoms with Gasteiger partial charge in [-0.2, -0.15) is 0 Å². The first-order chi connectivity index (χ1) is 14.5. The van der Waals surface area contributed by atoms with E-state index in [1.54, 1.807) is 26.0 Å². The molecule has 4 rings (SSSR count). The summed E-state index contributed by atoms with van der Waals surface area (Å²) in [6.07, 6.45) is 3.39. The van der Waals surface area contributed by atoms with E-state index in [1.807, 2.05) is 48.7 Å². The highest BCUT2D eigenvalue weighted by Gasteiger charge is 2.38. The van der Waals surface area contributed by atoms with Crippen molar-refractivity contribution < 1.29 is 19.1 Å². The van der Waals surface area contributed by atoms with Gasteiger partial charge in [-0.15, -0.1) is 11.8 Å². The van der Waals surface area contributed by atoms with Crippen molar-refractivity contribution in [3.63, 3.8) is 0 Å². The first-order valence-electron chi connectivity index (χ1n) is 9.96. The van der Waals surface area contributed by atoms with Crippen LogP contribution in [0.1, 0.15) is 42.2 Å². The Morgan fingerprint density at radius 2 is 1.60 bits per heavy atom. The smallest absolute Gasteiger partial charge is 0.225 e. The average molecular weight is 424 g/mol. The number of ether oxygens (including phenoxy) is 2. The van der Waals surface area contributed by atoms with Crippen LogP contribution in [0, 0.1) is 0 Å². The van der Waals surface area contributed by atoms with Gasteiger partial charge in [-0.25, -0.2) is 0 Å². The maximum Gasteiger partial charge on any atom is 0.225 e. The zero-order chi connectivity index (χ0) is 21.3. The zero-order valence-corrected chi connectivity index (χ0v) is 18.2. The summed E-state index contributed by atoms with van der Waals surface area (Å²) in [4.78, 5) is 26.9. The Bertz CT molecular complexity index is 1010. The van der Waals surface area contributed by atoms with Crippen LogP contribution < -0.4 is 14.8 Å². The summed E-state index contributed by atoms with van der Waals surface area (Å²) >= 11 is 1.67. The van der Waals surface area contributed by atoms with E-state index >= 15 is 0 Å². The van der Waals surface area contributed by atoms with Crippen molar-refractivity contribution in [1.29, 1.82) is 0 Å². The molecule has 0 radical (unpaired) electrons. The molecule has 0 aromatic heterocycles. The highest BCUT2D eigenvalue weighted by atomic mass is 32.2. The second-order valence-electron chi connectivity index (χ2n) is 7.61. The van der Waals surface area contributed by atoms with Gasteiger partial charge in [0.15, 0.2) is 17.3 Å². The fourth-order valence-electron chi connectivity index (χ4n) is 4.42. The number of carbonyl (C=O) groups excluding carboxylic acids is 2. The minimum atomic E-state index is -0.177. The van der Waals surface area contributed by atoms with Crippen LogP contribution in [0.3, 0.4) is 0 Å². The van der Waals surface area contributed by atoms with Crippen LogP contribution >= 0.6 is 11.8 Å². The fourth-order valence-corrected chi connectivity index (χ4v) is 4.83. The second-order valence-corrected chi connectivity index (χ2v) is 8.49. The van der Waals surface area contributed by atoms with Gasteiger partial charge in [0.25, 0.3) is 0 Å². The van der Waals surface area contributed by atoms with Crippen LogP contribution in [0.2, 0.25) is 0 Å². The summed E-state index contributed by atoms with van der Waals surface area (Å²) in [5.41, 5.74) is 3.56. The van der Waals surface area contributed by atoms with E-state index in [0.29, 0.717) is 30.8 Å². The Kier molecular flexibility index (Phi) is 5.86. The van der Waals surface area contributed by atoms with Gasteiger partial charge in [-0.3, -0.25) is 9.59 Å². The molecule has 5 nitrogen and oxygen atoms in total. The summed E-state index contributed by atoms with van der Waals surface area (Å²) in [5, 5.41) is 2.98.